The van der Waals surface area contributed by atoms with E-state index in [4.69, 9.17) is 9.47 Å². The van der Waals surface area contributed by atoms with Gasteiger partial charge >= 0.3 is 0 Å². The first-order valence-corrected chi connectivity index (χ1v) is 6.15. The number of ether oxygens (including phenoxy) is 2. The van der Waals surface area contributed by atoms with Crippen LogP contribution in [0.1, 0.15) is 25.3 Å². The van der Waals surface area contributed by atoms with Gasteiger partial charge in [0.2, 0.25) is 0 Å². The maximum Gasteiger partial charge on any atom is 0.165 e. The van der Waals surface area contributed by atoms with E-state index in [0.717, 1.165) is 18.4 Å². The topological polar surface area (TPSA) is 38.7 Å². The molecule has 18 heavy (non-hydrogen) atoms. The molecule has 0 amide bonds. The third kappa shape index (κ3) is 3.96. The Morgan fingerprint density at radius 1 is 1.33 bits per heavy atom. The standard InChI is InChI=1S/C14H21FO3/c1-4-5-14(18-3)12(16)9-10-6-7-13(17-2)11(15)8-10/h6-8,12,14,16H,4-5,9H2,1-3H3. The number of aliphatic hydroxyl groups excluding tert-OH is 1. The average molecular weight is 256 g/mol. The predicted molar refractivity (Wildman–Crippen MR) is 68.4 cm³/mol. The Hall–Kier alpha value is -1.13. The molecule has 0 bridgehead atoms. The number of rotatable bonds is 7. The summed E-state index contributed by atoms with van der Waals surface area (Å²) in [5.41, 5.74) is 0.735. The van der Waals surface area contributed by atoms with Gasteiger partial charge in [0.1, 0.15) is 0 Å². The molecule has 4 heteroatoms. The van der Waals surface area contributed by atoms with Crippen molar-refractivity contribution in [1.82, 2.24) is 0 Å². The highest BCUT2D eigenvalue weighted by atomic mass is 19.1. The minimum atomic E-state index is -0.622. The summed E-state index contributed by atoms with van der Waals surface area (Å²) < 4.78 is 23.6. The molecule has 1 rings (SSSR count). The van der Waals surface area contributed by atoms with Gasteiger partial charge in [-0.05, 0) is 24.1 Å². The molecule has 0 radical (unpaired) electrons. The van der Waals surface area contributed by atoms with Crippen LogP contribution in [-0.4, -0.2) is 31.5 Å². The van der Waals surface area contributed by atoms with Gasteiger partial charge in [-0.3, -0.25) is 0 Å². The van der Waals surface area contributed by atoms with E-state index in [1.54, 1.807) is 19.2 Å². The minimum absolute atomic E-state index is 0.208. The van der Waals surface area contributed by atoms with Crippen LogP contribution in [0.25, 0.3) is 0 Å². The quantitative estimate of drug-likeness (QED) is 0.815. The predicted octanol–water partition coefficient (Wildman–Crippen LogP) is 2.55. The Kier molecular flexibility index (Phi) is 6.09. The van der Waals surface area contributed by atoms with Crippen molar-refractivity contribution >= 4 is 0 Å². The summed E-state index contributed by atoms with van der Waals surface area (Å²) in [7, 11) is 3.01. The molecule has 0 spiro atoms. The first-order chi connectivity index (χ1) is 8.62. The molecule has 2 unspecified atom stereocenters. The van der Waals surface area contributed by atoms with Gasteiger partial charge in [0.25, 0.3) is 0 Å². The highest BCUT2D eigenvalue weighted by molar-refractivity contribution is 5.29. The van der Waals surface area contributed by atoms with Gasteiger partial charge in [0.05, 0.1) is 19.3 Å². The lowest BCUT2D eigenvalue weighted by molar-refractivity contribution is -0.0159. The van der Waals surface area contributed by atoms with Crippen LogP contribution in [-0.2, 0) is 11.2 Å². The first-order valence-electron chi connectivity index (χ1n) is 6.15. The van der Waals surface area contributed by atoms with Crippen LogP contribution in [0.2, 0.25) is 0 Å². The second-order valence-electron chi connectivity index (χ2n) is 4.30. The zero-order valence-corrected chi connectivity index (χ0v) is 11.1. The number of halogens is 1. The van der Waals surface area contributed by atoms with Gasteiger partial charge < -0.3 is 14.6 Å². The van der Waals surface area contributed by atoms with Crippen molar-refractivity contribution in [1.29, 1.82) is 0 Å². The van der Waals surface area contributed by atoms with E-state index in [1.807, 2.05) is 6.92 Å². The normalized spacial score (nSPS) is 14.3. The van der Waals surface area contributed by atoms with Crippen molar-refractivity contribution in [2.45, 2.75) is 38.4 Å². The molecule has 2 atom stereocenters. The van der Waals surface area contributed by atoms with Gasteiger partial charge in [-0.25, -0.2) is 4.39 Å². The smallest absolute Gasteiger partial charge is 0.165 e. The summed E-state index contributed by atoms with van der Waals surface area (Å²) in [6, 6.07) is 4.71. The summed E-state index contributed by atoms with van der Waals surface area (Å²) in [5, 5.41) is 10.0. The number of hydrogen-bond donors (Lipinski definition) is 1. The van der Waals surface area contributed by atoms with E-state index in [1.165, 1.54) is 13.2 Å². The number of methoxy groups -OCH3 is 2. The second-order valence-corrected chi connectivity index (χ2v) is 4.30. The van der Waals surface area contributed by atoms with Crippen molar-refractivity contribution in [3.05, 3.63) is 29.6 Å². The van der Waals surface area contributed by atoms with Gasteiger partial charge in [-0.2, -0.15) is 0 Å². The molecule has 0 aliphatic carbocycles. The molecule has 0 fully saturated rings. The van der Waals surface area contributed by atoms with Crippen LogP contribution < -0.4 is 4.74 Å². The van der Waals surface area contributed by atoms with Crippen LogP contribution in [0.4, 0.5) is 4.39 Å². The van der Waals surface area contributed by atoms with E-state index in [9.17, 15) is 9.50 Å². The summed E-state index contributed by atoms with van der Waals surface area (Å²) in [6.07, 6.45) is 1.27. The molecular formula is C14H21FO3. The van der Waals surface area contributed by atoms with Crippen LogP contribution in [0.3, 0.4) is 0 Å². The maximum absolute atomic E-state index is 13.5. The van der Waals surface area contributed by atoms with Crippen LogP contribution >= 0.6 is 0 Å². The molecule has 1 aromatic rings. The van der Waals surface area contributed by atoms with Crippen molar-refractivity contribution in [2.75, 3.05) is 14.2 Å². The second kappa shape index (κ2) is 7.34. The van der Waals surface area contributed by atoms with Gasteiger partial charge in [0, 0.05) is 13.5 Å². The highest BCUT2D eigenvalue weighted by Gasteiger charge is 2.18. The van der Waals surface area contributed by atoms with Crippen molar-refractivity contribution in [3.63, 3.8) is 0 Å². The number of hydrogen-bond acceptors (Lipinski definition) is 3. The fraction of sp³-hybridized carbons (Fsp3) is 0.571. The Labute approximate surface area is 108 Å². The van der Waals surface area contributed by atoms with Gasteiger partial charge in [0.15, 0.2) is 11.6 Å². The van der Waals surface area contributed by atoms with Crippen LogP contribution in [0, 0.1) is 5.82 Å². The first kappa shape index (κ1) is 14.9. The van der Waals surface area contributed by atoms with Crippen molar-refractivity contribution in [2.24, 2.45) is 0 Å². The molecule has 102 valence electrons. The molecular weight excluding hydrogens is 235 g/mol. The van der Waals surface area contributed by atoms with Gasteiger partial charge in [-0.1, -0.05) is 19.4 Å². The molecule has 1 N–H and O–H groups in total. The minimum Gasteiger partial charge on any atom is -0.494 e. The van der Waals surface area contributed by atoms with E-state index >= 15 is 0 Å². The van der Waals surface area contributed by atoms with Crippen molar-refractivity contribution in [3.8, 4) is 5.75 Å². The average Bonchev–Trinajstić information content (AvgIpc) is 2.36. The summed E-state index contributed by atoms with van der Waals surface area (Å²) >= 11 is 0. The van der Waals surface area contributed by atoms with E-state index in [0.29, 0.717) is 6.42 Å². The fourth-order valence-corrected chi connectivity index (χ4v) is 1.96. The largest absolute Gasteiger partial charge is 0.494 e. The molecule has 0 saturated carbocycles. The lowest BCUT2D eigenvalue weighted by atomic mass is 10.0. The Balaban J connectivity index is 2.68. The third-order valence-electron chi connectivity index (χ3n) is 2.97. The summed E-state index contributed by atoms with van der Waals surface area (Å²) in [5.74, 6) is -0.197. The molecule has 0 heterocycles. The lowest BCUT2D eigenvalue weighted by Gasteiger charge is -2.21. The van der Waals surface area contributed by atoms with E-state index in [-0.39, 0.29) is 11.9 Å². The SMILES string of the molecule is CCCC(OC)C(O)Cc1ccc(OC)c(F)c1. The molecule has 3 nitrogen and oxygen atoms in total. The third-order valence-corrected chi connectivity index (χ3v) is 2.97. The molecule has 0 aromatic heterocycles. The fourth-order valence-electron chi connectivity index (χ4n) is 1.96. The number of benzene rings is 1. The Morgan fingerprint density at radius 2 is 2.06 bits per heavy atom. The monoisotopic (exact) mass is 256 g/mol. The van der Waals surface area contributed by atoms with Crippen LogP contribution in [0.15, 0.2) is 18.2 Å². The summed E-state index contributed by atoms with van der Waals surface area (Å²) in [4.78, 5) is 0. The number of aliphatic hydroxyl groups is 1. The van der Waals surface area contributed by atoms with Crippen LogP contribution in [0.5, 0.6) is 5.75 Å². The zero-order valence-electron chi connectivity index (χ0n) is 11.1. The zero-order chi connectivity index (χ0) is 13.5. The Bertz CT molecular complexity index is 368. The van der Waals surface area contributed by atoms with Gasteiger partial charge in [-0.15, -0.1) is 0 Å². The molecule has 0 saturated heterocycles. The van der Waals surface area contributed by atoms with Crippen molar-refractivity contribution < 1.29 is 19.0 Å². The highest BCUT2D eigenvalue weighted by Crippen LogP contribution is 2.20. The Morgan fingerprint density at radius 3 is 2.56 bits per heavy atom. The molecule has 0 aliphatic heterocycles. The molecule has 1 aromatic carbocycles. The summed E-state index contributed by atoms with van der Waals surface area (Å²) in [6.45, 7) is 2.03. The molecule has 0 aliphatic rings. The maximum atomic E-state index is 13.5. The lowest BCUT2D eigenvalue weighted by Crippen LogP contribution is -2.29. The van der Waals surface area contributed by atoms with E-state index in [2.05, 4.69) is 0 Å². The van der Waals surface area contributed by atoms with E-state index < -0.39 is 11.9 Å².